The van der Waals surface area contributed by atoms with Crippen molar-refractivity contribution in [1.29, 1.82) is 0 Å². The van der Waals surface area contributed by atoms with Gasteiger partial charge in [0.15, 0.2) is 0 Å². The quantitative estimate of drug-likeness (QED) is 0.488. The molecule has 1 saturated carbocycles. The van der Waals surface area contributed by atoms with Crippen LogP contribution in [0.25, 0.3) is 0 Å². The van der Waals surface area contributed by atoms with Gasteiger partial charge in [0, 0.05) is 24.7 Å². The molecule has 1 aromatic carbocycles. The first-order valence-corrected chi connectivity index (χ1v) is 7.20. The number of nitro benzene ring substituents is 1. The van der Waals surface area contributed by atoms with Crippen molar-refractivity contribution in [1.82, 2.24) is 4.90 Å². The van der Waals surface area contributed by atoms with Gasteiger partial charge in [-0.2, -0.15) is 0 Å². The standard InChI is InChI=1S/C14H16ClFN2O3/c1-17(13-5-3-2-4-12(13)15)14(19)9-6-10(16)8-11(7-9)18(20)21/h6-8,12-13H,2-5H2,1H3. The zero-order valence-electron chi connectivity index (χ0n) is 11.6. The summed E-state index contributed by atoms with van der Waals surface area (Å²) in [5.41, 5.74) is -0.462. The lowest BCUT2D eigenvalue weighted by Crippen LogP contribution is -2.44. The van der Waals surface area contributed by atoms with Gasteiger partial charge in [0.2, 0.25) is 0 Å². The maximum Gasteiger partial charge on any atom is 0.273 e. The Morgan fingerprint density at radius 1 is 1.38 bits per heavy atom. The number of carbonyl (C=O) groups is 1. The molecule has 0 bridgehead atoms. The Hall–Kier alpha value is -1.69. The first-order chi connectivity index (χ1) is 9.90. The van der Waals surface area contributed by atoms with Crippen molar-refractivity contribution in [2.45, 2.75) is 37.1 Å². The molecule has 1 aliphatic carbocycles. The highest BCUT2D eigenvalue weighted by molar-refractivity contribution is 6.21. The molecule has 0 radical (unpaired) electrons. The number of rotatable bonds is 3. The van der Waals surface area contributed by atoms with Gasteiger partial charge >= 0.3 is 0 Å². The minimum atomic E-state index is -0.799. The number of amides is 1. The first-order valence-electron chi connectivity index (χ1n) is 6.76. The molecule has 0 spiro atoms. The summed E-state index contributed by atoms with van der Waals surface area (Å²) in [7, 11) is 1.60. The van der Waals surface area contributed by atoms with Crippen LogP contribution in [0.3, 0.4) is 0 Å². The largest absolute Gasteiger partial charge is 0.337 e. The average molecular weight is 315 g/mol. The van der Waals surface area contributed by atoms with Gasteiger partial charge < -0.3 is 4.90 Å². The Kier molecular flexibility index (Phi) is 4.77. The van der Waals surface area contributed by atoms with Gasteiger partial charge in [0.05, 0.1) is 16.4 Å². The average Bonchev–Trinajstić information content (AvgIpc) is 2.45. The summed E-state index contributed by atoms with van der Waals surface area (Å²) in [5, 5.41) is 10.6. The summed E-state index contributed by atoms with van der Waals surface area (Å²) in [6, 6.07) is 2.77. The lowest BCUT2D eigenvalue weighted by molar-refractivity contribution is -0.385. The number of nitro groups is 1. The Labute approximate surface area is 126 Å². The Morgan fingerprint density at radius 2 is 2.05 bits per heavy atom. The fraction of sp³-hybridized carbons (Fsp3) is 0.500. The van der Waals surface area contributed by atoms with Crippen molar-refractivity contribution in [2.24, 2.45) is 0 Å². The van der Waals surface area contributed by atoms with Crippen molar-refractivity contribution < 1.29 is 14.1 Å². The van der Waals surface area contributed by atoms with E-state index in [1.165, 1.54) is 4.90 Å². The number of benzene rings is 1. The van der Waals surface area contributed by atoms with E-state index in [0.29, 0.717) is 0 Å². The number of carbonyl (C=O) groups excluding carboxylic acids is 1. The van der Waals surface area contributed by atoms with Crippen LogP contribution in [0.5, 0.6) is 0 Å². The first kappa shape index (κ1) is 15.7. The summed E-state index contributed by atoms with van der Waals surface area (Å²) in [5.74, 6) is -1.25. The number of halogens is 2. The number of alkyl halides is 1. The van der Waals surface area contributed by atoms with Gasteiger partial charge in [-0.3, -0.25) is 14.9 Å². The van der Waals surface area contributed by atoms with Crippen molar-refractivity contribution in [3.05, 3.63) is 39.7 Å². The highest BCUT2D eigenvalue weighted by Crippen LogP contribution is 2.28. The van der Waals surface area contributed by atoms with E-state index >= 15 is 0 Å². The normalized spacial score (nSPS) is 21.9. The highest BCUT2D eigenvalue weighted by Gasteiger charge is 2.30. The van der Waals surface area contributed by atoms with Gasteiger partial charge in [-0.05, 0) is 18.9 Å². The second-order valence-corrected chi connectivity index (χ2v) is 5.80. The van der Waals surface area contributed by atoms with Crippen LogP contribution in [0.4, 0.5) is 10.1 Å². The molecule has 1 aliphatic rings. The Morgan fingerprint density at radius 3 is 2.67 bits per heavy atom. The van der Waals surface area contributed by atoms with Crippen molar-refractivity contribution in [3.8, 4) is 0 Å². The van der Waals surface area contributed by atoms with Crippen molar-refractivity contribution in [3.63, 3.8) is 0 Å². The zero-order chi connectivity index (χ0) is 15.6. The Bertz CT molecular complexity index is 567. The molecule has 1 amide bonds. The molecule has 2 rings (SSSR count). The van der Waals surface area contributed by atoms with Crippen LogP contribution in [0.2, 0.25) is 0 Å². The van der Waals surface area contributed by atoms with Crippen LogP contribution in [-0.4, -0.2) is 34.2 Å². The molecule has 2 unspecified atom stereocenters. The van der Waals surface area contributed by atoms with Gasteiger partial charge in [0.25, 0.3) is 11.6 Å². The van der Waals surface area contributed by atoms with E-state index in [4.69, 9.17) is 11.6 Å². The minimum Gasteiger partial charge on any atom is -0.337 e. The van der Waals surface area contributed by atoms with Gasteiger partial charge in [-0.15, -0.1) is 11.6 Å². The molecule has 0 saturated heterocycles. The summed E-state index contributed by atoms with van der Waals surface area (Å²) in [6.45, 7) is 0. The number of nitrogens with zero attached hydrogens (tertiary/aromatic N) is 2. The molecular formula is C14H16ClFN2O3. The molecule has 5 nitrogen and oxygen atoms in total. The maximum absolute atomic E-state index is 13.4. The van der Waals surface area contributed by atoms with Crippen LogP contribution in [0, 0.1) is 15.9 Å². The summed E-state index contributed by atoms with van der Waals surface area (Å²) < 4.78 is 13.4. The number of non-ortho nitro benzene ring substituents is 1. The lowest BCUT2D eigenvalue weighted by atomic mass is 9.93. The summed E-state index contributed by atoms with van der Waals surface area (Å²) >= 11 is 6.25. The third-order valence-corrected chi connectivity index (χ3v) is 4.31. The second-order valence-electron chi connectivity index (χ2n) is 5.24. The molecule has 0 N–H and O–H groups in total. The van der Waals surface area contributed by atoms with Gasteiger partial charge in [-0.1, -0.05) is 12.8 Å². The topological polar surface area (TPSA) is 63.5 Å². The van der Waals surface area contributed by atoms with Crippen molar-refractivity contribution in [2.75, 3.05) is 7.05 Å². The molecule has 0 aliphatic heterocycles. The van der Waals surface area contributed by atoms with Crippen LogP contribution in [0.1, 0.15) is 36.0 Å². The van der Waals surface area contributed by atoms with Crippen LogP contribution < -0.4 is 0 Å². The monoisotopic (exact) mass is 314 g/mol. The fourth-order valence-electron chi connectivity index (χ4n) is 2.66. The molecule has 21 heavy (non-hydrogen) atoms. The fourth-order valence-corrected chi connectivity index (χ4v) is 3.11. The highest BCUT2D eigenvalue weighted by atomic mass is 35.5. The Balaban J connectivity index is 2.24. The molecule has 0 aromatic heterocycles. The molecule has 1 aromatic rings. The maximum atomic E-state index is 13.4. The molecular weight excluding hydrogens is 299 g/mol. The smallest absolute Gasteiger partial charge is 0.273 e. The SMILES string of the molecule is CN(C(=O)c1cc(F)cc([N+](=O)[O-])c1)C1CCCCC1Cl. The molecule has 7 heteroatoms. The van der Waals surface area contributed by atoms with E-state index in [1.807, 2.05) is 0 Å². The molecule has 0 heterocycles. The van der Waals surface area contributed by atoms with Crippen molar-refractivity contribution >= 4 is 23.2 Å². The van der Waals surface area contributed by atoms with E-state index in [1.54, 1.807) is 7.05 Å². The third-order valence-electron chi connectivity index (χ3n) is 3.81. The van der Waals surface area contributed by atoms with E-state index in [9.17, 15) is 19.3 Å². The molecule has 2 atom stereocenters. The van der Waals surface area contributed by atoms with Crippen LogP contribution >= 0.6 is 11.6 Å². The van der Waals surface area contributed by atoms with E-state index in [2.05, 4.69) is 0 Å². The van der Waals surface area contributed by atoms with Crippen LogP contribution in [-0.2, 0) is 0 Å². The van der Waals surface area contributed by atoms with E-state index in [-0.39, 0.29) is 17.0 Å². The van der Waals surface area contributed by atoms with E-state index < -0.39 is 22.3 Å². The third kappa shape index (κ3) is 3.50. The predicted molar refractivity (Wildman–Crippen MR) is 77.0 cm³/mol. The predicted octanol–water partition coefficient (Wildman–Crippen LogP) is 3.36. The van der Waals surface area contributed by atoms with Gasteiger partial charge in [-0.25, -0.2) is 4.39 Å². The molecule has 114 valence electrons. The van der Waals surface area contributed by atoms with Crippen LogP contribution in [0.15, 0.2) is 18.2 Å². The second kappa shape index (κ2) is 6.39. The number of hydrogen-bond donors (Lipinski definition) is 0. The zero-order valence-corrected chi connectivity index (χ0v) is 12.3. The molecule has 1 fully saturated rings. The lowest BCUT2D eigenvalue weighted by Gasteiger charge is -2.34. The number of hydrogen-bond acceptors (Lipinski definition) is 3. The minimum absolute atomic E-state index is 0.0290. The summed E-state index contributed by atoms with van der Waals surface area (Å²) in [4.78, 5) is 23.9. The van der Waals surface area contributed by atoms with Gasteiger partial charge in [0.1, 0.15) is 5.82 Å². The van der Waals surface area contributed by atoms with E-state index in [0.717, 1.165) is 43.9 Å². The summed E-state index contributed by atoms with van der Waals surface area (Å²) in [6.07, 6.45) is 3.62.